The van der Waals surface area contributed by atoms with Gasteiger partial charge in [0, 0.05) is 43.4 Å². The molecule has 0 bridgehead atoms. The molecule has 11 heteroatoms. The first-order chi connectivity index (χ1) is 15.7. The third-order valence-electron chi connectivity index (χ3n) is 7.31. The van der Waals surface area contributed by atoms with Gasteiger partial charge in [0.2, 0.25) is 0 Å². The fourth-order valence-electron chi connectivity index (χ4n) is 5.30. The van der Waals surface area contributed by atoms with E-state index in [1.807, 2.05) is 15.9 Å². The topological polar surface area (TPSA) is 63.5 Å². The van der Waals surface area contributed by atoms with Crippen LogP contribution in [0.3, 0.4) is 0 Å². The average Bonchev–Trinajstić information content (AvgIpc) is 3.38. The van der Waals surface area contributed by atoms with Crippen LogP contribution in [-0.2, 0) is 0 Å². The molecule has 2 saturated carbocycles. The van der Waals surface area contributed by atoms with E-state index < -0.39 is 12.1 Å². The zero-order valence-electron chi connectivity index (χ0n) is 17.8. The Kier molecular flexibility index (Phi) is 4.63. The first-order valence-electron chi connectivity index (χ1n) is 11.2. The molecular weight excluding hydrogens is 459 g/mol. The second kappa shape index (κ2) is 7.25. The Balaban J connectivity index is 0.973. The molecular formula is C22H23ClF3N5O2. The number of alkyl halides is 3. The minimum Gasteiger partial charge on any atom is -0.404 e. The molecule has 1 spiro atoms. The third kappa shape index (κ3) is 3.92. The van der Waals surface area contributed by atoms with Gasteiger partial charge in [0.15, 0.2) is 5.82 Å². The first-order valence-corrected chi connectivity index (χ1v) is 11.6. The molecule has 0 N–H and O–H groups in total. The highest BCUT2D eigenvalue weighted by Gasteiger charge is 2.55. The zero-order valence-corrected chi connectivity index (χ0v) is 18.5. The van der Waals surface area contributed by atoms with Crippen LogP contribution >= 0.6 is 11.6 Å². The fraction of sp³-hybridized carbons (Fsp3) is 0.591. The summed E-state index contributed by atoms with van der Waals surface area (Å²) in [5, 5.41) is 4.55. The van der Waals surface area contributed by atoms with E-state index in [-0.39, 0.29) is 22.4 Å². The lowest BCUT2D eigenvalue weighted by molar-refractivity contribution is -0.274. The Morgan fingerprint density at radius 2 is 1.85 bits per heavy atom. The highest BCUT2D eigenvalue weighted by Crippen LogP contribution is 2.54. The Morgan fingerprint density at radius 1 is 1.12 bits per heavy atom. The molecule has 2 aromatic rings. The second-order valence-electron chi connectivity index (χ2n) is 9.90. The molecule has 2 aliphatic heterocycles. The van der Waals surface area contributed by atoms with Gasteiger partial charge >= 0.3 is 12.4 Å². The molecule has 7 nitrogen and oxygen atoms in total. The molecule has 0 unspecified atom stereocenters. The standard InChI is InChI=1S/C22H23ClF3N5O2/c23-17-5-14(3-4-18(17)33-22(24,25)26)15-8-29(9-15)20(32)30-10-21(11-30)6-16(7-21)31-12-27-19(28-31)13-1-2-13/h3-5,12-13,15-16H,1-2,6-11H2. The summed E-state index contributed by atoms with van der Waals surface area (Å²) >= 11 is 5.95. The van der Waals surface area contributed by atoms with Crippen molar-refractivity contribution < 1.29 is 22.7 Å². The SMILES string of the molecule is O=C(N1CC(c2ccc(OC(F)(F)F)c(Cl)c2)C1)N1CC2(CC(n3cnc(C4CC4)n3)C2)C1. The monoisotopic (exact) mass is 481 g/mol. The van der Waals surface area contributed by atoms with E-state index in [0.717, 1.165) is 37.3 Å². The average molecular weight is 482 g/mol. The van der Waals surface area contributed by atoms with Crippen molar-refractivity contribution in [2.24, 2.45) is 5.41 Å². The number of aromatic nitrogens is 3. The van der Waals surface area contributed by atoms with E-state index in [1.54, 1.807) is 11.0 Å². The summed E-state index contributed by atoms with van der Waals surface area (Å²) in [5.41, 5.74) is 1.01. The van der Waals surface area contributed by atoms with Gasteiger partial charge in [-0.25, -0.2) is 14.5 Å². The van der Waals surface area contributed by atoms with Gasteiger partial charge in [0.05, 0.1) is 11.1 Å². The van der Waals surface area contributed by atoms with E-state index in [4.69, 9.17) is 11.6 Å². The van der Waals surface area contributed by atoms with Gasteiger partial charge in [0.25, 0.3) is 0 Å². The Morgan fingerprint density at radius 3 is 2.48 bits per heavy atom. The molecule has 0 radical (unpaired) electrons. The number of likely N-dealkylation sites (tertiary alicyclic amines) is 2. The fourth-order valence-corrected chi connectivity index (χ4v) is 5.53. The van der Waals surface area contributed by atoms with Crippen LogP contribution in [0.1, 0.15) is 54.9 Å². The van der Waals surface area contributed by atoms with Crippen molar-refractivity contribution >= 4 is 17.6 Å². The van der Waals surface area contributed by atoms with Gasteiger partial charge in [-0.3, -0.25) is 0 Å². The lowest BCUT2D eigenvalue weighted by Gasteiger charge is -2.60. The van der Waals surface area contributed by atoms with Gasteiger partial charge in [0.1, 0.15) is 12.1 Å². The highest BCUT2D eigenvalue weighted by atomic mass is 35.5. The lowest BCUT2D eigenvalue weighted by atomic mass is 9.61. The number of rotatable bonds is 4. The van der Waals surface area contributed by atoms with Crippen LogP contribution in [0, 0.1) is 5.41 Å². The Hall–Kier alpha value is -2.49. The first kappa shape index (κ1) is 21.1. The maximum atomic E-state index is 12.8. The highest BCUT2D eigenvalue weighted by molar-refractivity contribution is 6.32. The largest absolute Gasteiger partial charge is 0.573 e. The van der Waals surface area contributed by atoms with Gasteiger partial charge in [-0.15, -0.1) is 13.2 Å². The number of benzene rings is 1. The van der Waals surface area contributed by atoms with Crippen molar-refractivity contribution in [1.82, 2.24) is 24.6 Å². The summed E-state index contributed by atoms with van der Waals surface area (Å²) in [4.78, 5) is 20.9. The molecule has 6 rings (SSSR count). The van der Waals surface area contributed by atoms with E-state index >= 15 is 0 Å². The molecule has 2 aliphatic carbocycles. The van der Waals surface area contributed by atoms with Crippen LogP contribution in [0.5, 0.6) is 5.75 Å². The number of carbonyl (C=O) groups is 1. The quantitative estimate of drug-likeness (QED) is 0.642. The van der Waals surface area contributed by atoms with Crippen molar-refractivity contribution in [3.63, 3.8) is 0 Å². The molecule has 33 heavy (non-hydrogen) atoms. The van der Waals surface area contributed by atoms with Crippen molar-refractivity contribution in [2.75, 3.05) is 26.2 Å². The molecule has 4 fully saturated rings. The summed E-state index contributed by atoms with van der Waals surface area (Å²) < 4.78 is 43.1. The number of urea groups is 1. The summed E-state index contributed by atoms with van der Waals surface area (Å²) in [6, 6.07) is 4.70. The number of ether oxygens (including phenoxy) is 1. The normalized spacial score (nSPS) is 22.7. The maximum absolute atomic E-state index is 12.8. The van der Waals surface area contributed by atoms with Crippen molar-refractivity contribution in [1.29, 1.82) is 0 Å². The summed E-state index contributed by atoms with van der Waals surface area (Å²) in [6.45, 7) is 2.60. The molecule has 2 amide bonds. The van der Waals surface area contributed by atoms with Gasteiger partial charge in [-0.2, -0.15) is 5.10 Å². The molecule has 3 heterocycles. The number of carbonyl (C=O) groups excluding carboxylic acids is 1. The molecule has 1 aromatic carbocycles. The lowest BCUT2D eigenvalue weighted by Crippen LogP contribution is -2.67. The van der Waals surface area contributed by atoms with Crippen molar-refractivity contribution in [2.45, 2.75) is 49.9 Å². The number of hydrogen-bond acceptors (Lipinski definition) is 4. The minimum absolute atomic E-state index is 0.0280. The van der Waals surface area contributed by atoms with E-state index in [0.29, 0.717) is 25.0 Å². The predicted molar refractivity (Wildman–Crippen MR) is 112 cm³/mol. The smallest absolute Gasteiger partial charge is 0.404 e. The van der Waals surface area contributed by atoms with Gasteiger partial charge in [-0.05, 0) is 43.4 Å². The third-order valence-corrected chi connectivity index (χ3v) is 7.60. The van der Waals surface area contributed by atoms with Crippen LogP contribution in [0.25, 0.3) is 0 Å². The van der Waals surface area contributed by atoms with E-state index in [9.17, 15) is 18.0 Å². The van der Waals surface area contributed by atoms with Crippen LogP contribution in [-0.4, -0.2) is 63.1 Å². The molecule has 1 aromatic heterocycles. The number of nitrogens with zero attached hydrogens (tertiary/aromatic N) is 5. The summed E-state index contributed by atoms with van der Waals surface area (Å²) in [5.74, 6) is 1.17. The molecule has 4 aliphatic rings. The van der Waals surface area contributed by atoms with E-state index in [1.165, 1.54) is 25.0 Å². The maximum Gasteiger partial charge on any atom is 0.573 e. The van der Waals surface area contributed by atoms with Gasteiger partial charge < -0.3 is 14.5 Å². The van der Waals surface area contributed by atoms with Crippen molar-refractivity contribution in [3.05, 3.63) is 40.9 Å². The number of halogens is 4. The van der Waals surface area contributed by atoms with Crippen LogP contribution in [0.4, 0.5) is 18.0 Å². The zero-order chi connectivity index (χ0) is 23.0. The minimum atomic E-state index is -4.78. The second-order valence-corrected chi connectivity index (χ2v) is 10.3. The van der Waals surface area contributed by atoms with Crippen LogP contribution < -0.4 is 4.74 Å². The summed E-state index contributed by atoms with van der Waals surface area (Å²) in [7, 11) is 0. The Labute approximate surface area is 193 Å². The molecule has 176 valence electrons. The van der Waals surface area contributed by atoms with Gasteiger partial charge in [-0.1, -0.05) is 17.7 Å². The van der Waals surface area contributed by atoms with Crippen LogP contribution in [0.2, 0.25) is 5.02 Å². The summed E-state index contributed by atoms with van der Waals surface area (Å²) in [6.07, 6.45) is 1.50. The predicted octanol–water partition coefficient (Wildman–Crippen LogP) is 4.56. The number of hydrogen-bond donors (Lipinski definition) is 0. The van der Waals surface area contributed by atoms with Crippen molar-refractivity contribution in [3.8, 4) is 5.75 Å². The van der Waals surface area contributed by atoms with E-state index in [2.05, 4.69) is 14.8 Å². The molecule has 0 atom stereocenters. The van der Waals surface area contributed by atoms with Crippen LogP contribution in [0.15, 0.2) is 24.5 Å². The Bertz CT molecular complexity index is 1080. The molecule has 2 saturated heterocycles. The number of amides is 2.